The zero-order valence-electron chi connectivity index (χ0n) is 18.1. The molecular formula is C22H34O4Si2. The lowest BCUT2D eigenvalue weighted by atomic mass is 10.1. The zero-order chi connectivity index (χ0) is 20.6. The molecule has 0 fully saturated rings. The van der Waals surface area contributed by atoms with Crippen molar-refractivity contribution in [3.63, 3.8) is 0 Å². The Morgan fingerprint density at radius 2 is 0.821 bits per heavy atom. The molecule has 4 nitrogen and oxygen atoms in total. The predicted octanol–water partition coefficient (Wildman–Crippen LogP) is 4.06. The topological polar surface area (TPSA) is 36.9 Å². The van der Waals surface area contributed by atoms with Crippen LogP contribution in [0.3, 0.4) is 0 Å². The highest BCUT2D eigenvalue weighted by Gasteiger charge is 2.39. The monoisotopic (exact) mass is 418 g/mol. The highest BCUT2D eigenvalue weighted by atomic mass is 28.4. The van der Waals surface area contributed by atoms with E-state index in [0.717, 1.165) is 21.5 Å². The lowest BCUT2D eigenvalue weighted by Crippen LogP contribution is -2.54. The molecule has 0 N–H and O–H groups in total. The number of rotatable bonds is 11. The van der Waals surface area contributed by atoms with Crippen LogP contribution in [0.15, 0.2) is 48.5 Å². The van der Waals surface area contributed by atoms with Crippen molar-refractivity contribution in [1.29, 1.82) is 0 Å². The summed E-state index contributed by atoms with van der Waals surface area (Å²) in [5, 5.41) is 2.30. The Hall–Kier alpha value is -1.29. The van der Waals surface area contributed by atoms with E-state index in [-0.39, 0.29) is 0 Å². The van der Waals surface area contributed by atoms with Crippen molar-refractivity contribution in [3.8, 4) is 11.1 Å². The van der Waals surface area contributed by atoms with Gasteiger partial charge in [0.05, 0.1) is 0 Å². The molecule has 0 amide bonds. The molecule has 0 aliphatic heterocycles. The van der Waals surface area contributed by atoms with Gasteiger partial charge in [-0.05, 0) is 51.9 Å². The minimum atomic E-state index is -2.54. The molecule has 0 aromatic heterocycles. The van der Waals surface area contributed by atoms with Crippen molar-refractivity contribution in [2.24, 2.45) is 0 Å². The molecule has 0 heterocycles. The van der Waals surface area contributed by atoms with Crippen molar-refractivity contribution in [3.05, 3.63) is 48.5 Å². The fraction of sp³-hybridized carbons (Fsp3) is 0.455. The molecule has 0 saturated heterocycles. The molecule has 2 aromatic rings. The van der Waals surface area contributed by atoms with Crippen molar-refractivity contribution < 1.29 is 17.7 Å². The van der Waals surface area contributed by atoms with Crippen molar-refractivity contribution in [1.82, 2.24) is 0 Å². The third kappa shape index (κ3) is 5.00. The molecule has 0 unspecified atom stereocenters. The van der Waals surface area contributed by atoms with Crippen LogP contribution < -0.4 is 10.4 Å². The summed E-state index contributed by atoms with van der Waals surface area (Å²) in [5.41, 5.74) is 2.29. The molecule has 28 heavy (non-hydrogen) atoms. The molecule has 6 heteroatoms. The average molecular weight is 419 g/mol. The molecule has 2 rings (SSSR count). The molecule has 0 aliphatic carbocycles. The molecule has 0 radical (unpaired) electrons. The maximum Gasteiger partial charge on any atom is 0.369 e. The van der Waals surface area contributed by atoms with Gasteiger partial charge in [-0.3, -0.25) is 0 Å². The fourth-order valence-electron chi connectivity index (χ4n) is 3.72. The lowest BCUT2D eigenvalue weighted by Gasteiger charge is -2.31. The zero-order valence-corrected chi connectivity index (χ0v) is 20.1. The number of benzene rings is 2. The van der Waals surface area contributed by atoms with Gasteiger partial charge in [0.15, 0.2) is 0 Å². The van der Waals surface area contributed by atoms with Crippen LogP contribution in [0.2, 0.25) is 13.1 Å². The quantitative estimate of drug-likeness (QED) is 0.516. The van der Waals surface area contributed by atoms with E-state index in [1.807, 2.05) is 27.7 Å². The largest absolute Gasteiger partial charge is 0.391 e. The third-order valence-electron chi connectivity index (χ3n) is 4.80. The van der Waals surface area contributed by atoms with Crippen LogP contribution >= 0.6 is 0 Å². The van der Waals surface area contributed by atoms with E-state index in [1.165, 1.54) is 0 Å². The van der Waals surface area contributed by atoms with Gasteiger partial charge in [0.1, 0.15) is 0 Å². The van der Waals surface area contributed by atoms with E-state index >= 15 is 0 Å². The second kappa shape index (κ2) is 10.5. The van der Waals surface area contributed by atoms with Gasteiger partial charge >= 0.3 is 17.1 Å². The Bertz CT molecular complexity index is 675. The summed E-state index contributed by atoms with van der Waals surface area (Å²) in [6.07, 6.45) is 0. The van der Waals surface area contributed by atoms with Crippen LogP contribution in [-0.2, 0) is 17.7 Å². The predicted molar refractivity (Wildman–Crippen MR) is 121 cm³/mol. The molecule has 0 bridgehead atoms. The Balaban J connectivity index is 2.68. The highest BCUT2D eigenvalue weighted by molar-refractivity contribution is 6.83. The fourth-order valence-corrected chi connectivity index (χ4v) is 8.93. The van der Waals surface area contributed by atoms with E-state index in [2.05, 4.69) is 61.6 Å². The van der Waals surface area contributed by atoms with Gasteiger partial charge in [-0.1, -0.05) is 48.5 Å². The highest BCUT2D eigenvalue weighted by Crippen LogP contribution is 2.24. The first-order valence-electron chi connectivity index (χ1n) is 10.2. The second-order valence-corrected chi connectivity index (χ2v) is 12.7. The maximum absolute atomic E-state index is 6.20. The van der Waals surface area contributed by atoms with E-state index in [0.29, 0.717) is 26.4 Å². The van der Waals surface area contributed by atoms with Gasteiger partial charge in [-0.15, -0.1) is 0 Å². The standard InChI is InChI=1S/C22H34O4Si2/c1-7-23-27(5,24-8-2)21-17-13-11-15-19(21)20-16-12-14-18-22(20)28(6,25-9-3)26-10-4/h11-18H,7-10H2,1-6H3. The summed E-state index contributed by atoms with van der Waals surface area (Å²) in [4.78, 5) is 0. The summed E-state index contributed by atoms with van der Waals surface area (Å²) >= 11 is 0. The molecule has 2 aromatic carbocycles. The Labute approximate surface area is 172 Å². The lowest BCUT2D eigenvalue weighted by molar-refractivity contribution is 0.201. The van der Waals surface area contributed by atoms with Crippen molar-refractivity contribution in [2.75, 3.05) is 26.4 Å². The summed E-state index contributed by atoms with van der Waals surface area (Å²) in [6, 6.07) is 16.9. The Morgan fingerprint density at radius 3 is 1.11 bits per heavy atom. The van der Waals surface area contributed by atoms with Crippen LogP contribution in [0.5, 0.6) is 0 Å². The van der Waals surface area contributed by atoms with Gasteiger partial charge < -0.3 is 17.7 Å². The molecule has 0 spiro atoms. The van der Waals surface area contributed by atoms with E-state index < -0.39 is 17.1 Å². The van der Waals surface area contributed by atoms with E-state index in [4.69, 9.17) is 17.7 Å². The number of hydrogen-bond acceptors (Lipinski definition) is 4. The van der Waals surface area contributed by atoms with Gasteiger partial charge in [0, 0.05) is 36.8 Å². The second-order valence-electron chi connectivity index (χ2n) is 6.71. The van der Waals surface area contributed by atoms with Crippen LogP contribution in [0, 0.1) is 0 Å². The first-order chi connectivity index (χ1) is 13.5. The summed E-state index contributed by atoms with van der Waals surface area (Å²) in [7, 11) is -5.08. The molecule has 0 aliphatic rings. The minimum Gasteiger partial charge on any atom is -0.391 e. The van der Waals surface area contributed by atoms with Crippen LogP contribution in [0.25, 0.3) is 11.1 Å². The SMILES string of the molecule is CCO[Si](C)(OCC)c1ccccc1-c1ccccc1[Si](C)(OCC)OCC. The molecular weight excluding hydrogens is 384 g/mol. The van der Waals surface area contributed by atoms with Crippen LogP contribution in [0.1, 0.15) is 27.7 Å². The van der Waals surface area contributed by atoms with Gasteiger partial charge in [0.2, 0.25) is 0 Å². The summed E-state index contributed by atoms with van der Waals surface area (Å²) in [6.45, 7) is 14.9. The first-order valence-corrected chi connectivity index (χ1v) is 14.8. The summed E-state index contributed by atoms with van der Waals surface area (Å²) < 4.78 is 24.8. The maximum atomic E-state index is 6.20. The Morgan fingerprint density at radius 1 is 0.536 bits per heavy atom. The minimum absolute atomic E-state index is 0.628. The van der Waals surface area contributed by atoms with E-state index in [9.17, 15) is 0 Å². The molecule has 154 valence electrons. The van der Waals surface area contributed by atoms with Crippen LogP contribution in [-0.4, -0.2) is 43.5 Å². The van der Waals surface area contributed by atoms with Crippen LogP contribution in [0.4, 0.5) is 0 Å². The van der Waals surface area contributed by atoms with Gasteiger partial charge in [-0.2, -0.15) is 0 Å². The van der Waals surface area contributed by atoms with Gasteiger partial charge in [-0.25, -0.2) is 0 Å². The number of hydrogen-bond donors (Lipinski definition) is 0. The average Bonchev–Trinajstić information content (AvgIpc) is 2.69. The van der Waals surface area contributed by atoms with Crippen molar-refractivity contribution in [2.45, 2.75) is 40.8 Å². The van der Waals surface area contributed by atoms with Gasteiger partial charge in [0.25, 0.3) is 0 Å². The van der Waals surface area contributed by atoms with Crippen molar-refractivity contribution >= 4 is 27.5 Å². The normalized spacial score (nSPS) is 12.4. The third-order valence-corrected chi connectivity index (χ3v) is 11.0. The first kappa shape index (κ1) is 23.0. The summed E-state index contributed by atoms with van der Waals surface area (Å²) in [5.74, 6) is 0. The van der Waals surface area contributed by atoms with E-state index in [1.54, 1.807) is 0 Å². The smallest absolute Gasteiger partial charge is 0.369 e. The Kier molecular flexibility index (Phi) is 8.61. The molecule has 0 saturated carbocycles. The molecule has 0 atom stereocenters.